The third-order valence-corrected chi connectivity index (χ3v) is 5.70. The number of nitrogens with one attached hydrogen (secondary N) is 1. The summed E-state index contributed by atoms with van der Waals surface area (Å²) < 4.78 is 92.2. The number of benzene rings is 3. The van der Waals surface area contributed by atoms with Gasteiger partial charge < -0.3 is 0 Å². The number of carbonyl (C=O) groups excluding carboxylic acids is 2. The van der Waals surface area contributed by atoms with Crippen LogP contribution in [0.15, 0.2) is 39.7 Å². The molecule has 0 unspecified atom stereocenters. The van der Waals surface area contributed by atoms with E-state index in [0.717, 1.165) is 15.2 Å². The first-order valence-corrected chi connectivity index (χ1v) is 10.1. The molecule has 2 amide bonds. The van der Waals surface area contributed by atoms with E-state index in [1.165, 1.54) is 0 Å². The van der Waals surface area contributed by atoms with Gasteiger partial charge in [-0.05, 0) is 23.6 Å². The lowest BCUT2D eigenvalue weighted by atomic mass is 9.95. The van der Waals surface area contributed by atoms with E-state index in [1.807, 2.05) is 18.2 Å². The second-order valence-corrected chi connectivity index (χ2v) is 8.19. The van der Waals surface area contributed by atoms with Crippen LogP contribution in [0.25, 0.3) is 10.8 Å². The molecular weight excluding hydrogens is 517 g/mol. The molecule has 1 heterocycles. The third-order valence-electron chi connectivity index (χ3n) is 4.13. The van der Waals surface area contributed by atoms with Crippen molar-refractivity contribution in [2.75, 3.05) is 0 Å². The fourth-order valence-corrected chi connectivity index (χ4v) is 3.89. The lowest BCUT2D eigenvalue weighted by molar-refractivity contribution is 0.0845. The van der Waals surface area contributed by atoms with E-state index in [9.17, 15) is 40.0 Å². The summed E-state index contributed by atoms with van der Waals surface area (Å²) in [5, 5.41) is 3.94. The highest BCUT2D eigenvalue weighted by molar-refractivity contribution is 9.10. The number of amides is 2. The molecule has 31 heavy (non-hydrogen) atoms. The van der Waals surface area contributed by atoms with Crippen molar-refractivity contribution in [2.24, 2.45) is 0 Å². The average Bonchev–Trinajstić information content (AvgIpc) is 2.69. The fraction of sp³-hybridized carbons (Fsp3) is 0. The molecule has 0 aliphatic carbocycles. The lowest BCUT2D eigenvalue weighted by Gasteiger charge is -2.16. The lowest BCUT2D eigenvalue weighted by Crippen LogP contribution is -2.34. The van der Waals surface area contributed by atoms with Crippen LogP contribution in [0.4, 0.5) is 22.0 Å². The Morgan fingerprint density at radius 2 is 1.26 bits per heavy atom. The highest BCUT2D eigenvalue weighted by Crippen LogP contribution is 2.31. The zero-order chi connectivity index (χ0) is 23.2. The van der Waals surface area contributed by atoms with Gasteiger partial charge in [-0.1, -0.05) is 28.1 Å². The molecule has 0 atom stereocenters. The van der Waals surface area contributed by atoms with Crippen molar-refractivity contribution in [3.8, 4) is 0 Å². The molecule has 4 rings (SSSR count). The summed E-state index contributed by atoms with van der Waals surface area (Å²) in [6.07, 6.45) is 0. The van der Waals surface area contributed by atoms with Crippen molar-refractivity contribution in [3.05, 3.63) is 75.0 Å². The Morgan fingerprint density at radius 3 is 1.77 bits per heavy atom. The first-order chi connectivity index (χ1) is 14.4. The highest BCUT2D eigenvalue weighted by atomic mass is 79.9. The molecule has 13 heteroatoms. The normalized spacial score (nSPS) is 13.0. The Morgan fingerprint density at radius 1 is 0.774 bits per heavy atom. The number of carbonyl (C=O) groups is 2. The smallest absolute Gasteiger partial charge is 0.288 e. The van der Waals surface area contributed by atoms with Crippen molar-refractivity contribution in [1.82, 2.24) is 5.32 Å². The quantitative estimate of drug-likeness (QED) is 0.164. The van der Waals surface area contributed by atoms with Crippen LogP contribution in [0, 0.1) is 29.1 Å². The van der Waals surface area contributed by atoms with E-state index in [0.29, 0.717) is 11.1 Å². The van der Waals surface area contributed by atoms with Crippen LogP contribution in [-0.4, -0.2) is 24.8 Å². The molecular formula is C18H7BrF5NO5S. The minimum atomic E-state index is -5.52. The summed E-state index contributed by atoms with van der Waals surface area (Å²) in [6.45, 7) is 0. The van der Waals surface area contributed by atoms with Crippen molar-refractivity contribution in [2.45, 2.75) is 4.90 Å². The van der Waals surface area contributed by atoms with Crippen LogP contribution in [-0.2, 0) is 10.1 Å². The molecule has 3 aromatic rings. The first kappa shape index (κ1) is 22.8. The Bertz CT molecular complexity index is 1340. The molecule has 0 bridgehead atoms. The fourth-order valence-electron chi connectivity index (χ4n) is 2.80. The maximum absolute atomic E-state index is 12.6. The Hall–Kier alpha value is -2.90. The van der Waals surface area contributed by atoms with Gasteiger partial charge in [0.15, 0.2) is 28.2 Å². The van der Waals surface area contributed by atoms with Gasteiger partial charge in [-0.3, -0.25) is 19.5 Å². The van der Waals surface area contributed by atoms with Crippen molar-refractivity contribution in [3.63, 3.8) is 0 Å². The summed E-state index contributed by atoms with van der Waals surface area (Å²) >= 11 is 3.42. The molecule has 1 aliphatic heterocycles. The zero-order valence-electron chi connectivity index (χ0n) is 14.6. The van der Waals surface area contributed by atoms with Gasteiger partial charge >= 0.3 is 10.1 Å². The largest absolute Gasteiger partial charge is 0.300 e. The van der Waals surface area contributed by atoms with Gasteiger partial charge in [-0.25, -0.2) is 22.0 Å². The standard InChI is InChI=1S/C12H6BrNO2.C6HF5O3S/c13-9-5-4-8-10-6(9)2-1-3-7(10)11(15)14-12(8)16;7-1-2(8)4(10)6(15(12,13)14)5(11)3(1)9/h1-5H,(H,14,15,16);(H,12,13,14). The van der Waals surface area contributed by atoms with Crippen molar-refractivity contribution >= 4 is 48.6 Å². The predicted octanol–water partition coefficient (Wildman–Crippen LogP) is 4.11. The Balaban J connectivity index is 0.000000176. The minimum absolute atomic E-state index is 0.332. The molecule has 162 valence electrons. The molecule has 1 aliphatic rings. The molecule has 6 nitrogen and oxygen atoms in total. The van der Waals surface area contributed by atoms with Crippen molar-refractivity contribution in [1.29, 1.82) is 0 Å². The minimum Gasteiger partial charge on any atom is -0.288 e. The van der Waals surface area contributed by atoms with Crippen LogP contribution in [0.1, 0.15) is 20.7 Å². The zero-order valence-corrected chi connectivity index (χ0v) is 17.0. The van der Waals surface area contributed by atoms with Crippen LogP contribution < -0.4 is 5.32 Å². The highest BCUT2D eigenvalue weighted by Gasteiger charge is 2.32. The first-order valence-electron chi connectivity index (χ1n) is 7.92. The summed E-state index contributed by atoms with van der Waals surface area (Å²) in [4.78, 5) is 21.0. The number of halogens is 6. The van der Waals surface area contributed by atoms with Crippen LogP contribution in [0.2, 0.25) is 0 Å². The van der Waals surface area contributed by atoms with Gasteiger partial charge in [-0.2, -0.15) is 8.42 Å². The van der Waals surface area contributed by atoms with E-state index >= 15 is 0 Å². The van der Waals surface area contributed by atoms with E-state index in [2.05, 4.69) is 21.2 Å². The maximum Gasteiger partial charge on any atom is 0.300 e. The monoisotopic (exact) mass is 523 g/mol. The van der Waals surface area contributed by atoms with Gasteiger partial charge in [-0.15, -0.1) is 0 Å². The second kappa shape index (κ2) is 7.98. The van der Waals surface area contributed by atoms with E-state index in [1.54, 1.807) is 12.1 Å². The van der Waals surface area contributed by atoms with Gasteiger partial charge in [0, 0.05) is 21.0 Å². The topological polar surface area (TPSA) is 101 Å². The summed E-state index contributed by atoms with van der Waals surface area (Å²) in [7, 11) is -5.52. The Labute approximate surface area is 178 Å². The maximum atomic E-state index is 12.6. The number of hydrogen-bond donors (Lipinski definition) is 2. The number of rotatable bonds is 1. The molecule has 3 aromatic carbocycles. The molecule has 0 spiro atoms. The second-order valence-electron chi connectivity index (χ2n) is 5.98. The SMILES string of the molecule is O=C1NC(=O)c2ccc(Br)c3cccc1c23.O=S(=O)(O)c1c(F)c(F)c(F)c(F)c1F. The molecule has 0 saturated carbocycles. The van der Waals surface area contributed by atoms with Gasteiger partial charge in [0.05, 0.1) is 0 Å². The number of imide groups is 1. The van der Waals surface area contributed by atoms with Crippen LogP contribution in [0.5, 0.6) is 0 Å². The van der Waals surface area contributed by atoms with Gasteiger partial charge in [0.1, 0.15) is 0 Å². The molecule has 0 aromatic heterocycles. The summed E-state index contributed by atoms with van der Waals surface area (Å²) in [6, 6.07) is 8.95. The van der Waals surface area contributed by atoms with Gasteiger partial charge in [0.2, 0.25) is 5.82 Å². The predicted molar refractivity (Wildman–Crippen MR) is 99.5 cm³/mol. The van der Waals surface area contributed by atoms with Gasteiger partial charge in [0.25, 0.3) is 11.8 Å². The van der Waals surface area contributed by atoms with Crippen LogP contribution in [0.3, 0.4) is 0 Å². The average molecular weight is 524 g/mol. The summed E-state index contributed by atoms with van der Waals surface area (Å²) in [5.41, 5.74) is 1.10. The van der Waals surface area contributed by atoms with Crippen LogP contribution >= 0.6 is 15.9 Å². The third kappa shape index (κ3) is 3.91. The van der Waals surface area contributed by atoms with E-state index in [-0.39, 0.29) is 11.8 Å². The Kier molecular flexibility index (Phi) is 5.86. The molecule has 2 N–H and O–H groups in total. The summed E-state index contributed by atoms with van der Waals surface area (Å²) in [5.74, 6) is -13.3. The molecule has 0 fully saturated rings. The van der Waals surface area contributed by atoms with E-state index < -0.39 is 44.1 Å². The molecule has 0 saturated heterocycles. The molecule has 0 radical (unpaired) electrons. The number of hydrogen-bond acceptors (Lipinski definition) is 4. The van der Waals surface area contributed by atoms with Crippen molar-refractivity contribution < 1.29 is 44.5 Å². The van der Waals surface area contributed by atoms with E-state index in [4.69, 9.17) is 4.55 Å².